The van der Waals surface area contributed by atoms with Crippen molar-refractivity contribution >= 4 is 8.07 Å². The Hall–Kier alpha value is -3.24. The molecule has 7 heteroatoms. The molecule has 3 rings (SSSR count). The molecule has 2 aromatic carbocycles. The molecule has 0 aliphatic carbocycles. The van der Waals surface area contributed by atoms with Gasteiger partial charge in [-0.15, -0.1) is 10.6 Å². The van der Waals surface area contributed by atoms with Gasteiger partial charge in [0.2, 0.25) is 0 Å². The van der Waals surface area contributed by atoms with E-state index in [2.05, 4.69) is 36.2 Å². The van der Waals surface area contributed by atoms with Crippen molar-refractivity contribution in [3.63, 3.8) is 0 Å². The Balaban J connectivity index is 2.00. The van der Waals surface area contributed by atoms with Gasteiger partial charge in [0.05, 0.1) is 12.8 Å². The molecule has 28 heavy (non-hydrogen) atoms. The fourth-order valence-electron chi connectivity index (χ4n) is 2.53. The van der Waals surface area contributed by atoms with Gasteiger partial charge in [-0.3, -0.25) is 0 Å². The van der Waals surface area contributed by atoms with Crippen LogP contribution in [0.3, 0.4) is 0 Å². The van der Waals surface area contributed by atoms with Crippen LogP contribution in [0.25, 0.3) is 5.69 Å². The van der Waals surface area contributed by atoms with Crippen LogP contribution in [0.2, 0.25) is 19.6 Å². The smallest absolute Gasteiger partial charge is 0.353 e. The maximum absolute atomic E-state index is 12.5. The molecule has 0 spiro atoms. The predicted octanol–water partition coefficient (Wildman–Crippen LogP) is 3.60. The van der Waals surface area contributed by atoms with Crippen LogP contribution in [0.15, 0.2) is 53.3 Å². The molecule has 1 heterocycles. The molecule has 0 aliphatic heterocycles. The third-order valence-corrected chi connectivity index (χ3v) is 4.70. The quantitative estimate of drug-likeness (QED) is 0.502. The Kier molecular flexibility index (Phi) is 5.43. The van der Waals surface area contributed by atoms with Gasteiger partial charge in [-0.25, -0.2) is 14.0 Å². The van der Waals surface area contributed by atoms with Crippen LogP contribution in [-0.2, 0) is 7.05 Å². The van der Waals surface area contributed by atoms with E-state index in [4.69, 9.17) is 9.47 Å². The van der Waals surface area contributed by atoms with Gasteiger partial charge in [0.15, 0.2) is 5.75 Å². The van der Waals surface area contributed by atoms with E-state index in [1.165, 1.54) is 16.4 Å². The lowest BCUT2D eigenvalue weighted by molar-refractivity contribution is 0.367. The second kappa shape index (κ2) is 7.78. The Bertz CT molecular complexity index is 1110. The SMILES string of the molecule is COc1nn(C)c(=O)n1-c1ccccc1Oc1cccc(C#C[Si](C)(C)C)c1. The number of hydrogen-bond acceptors (Lipinski definition) is 4. The van der Waals surface area contributed by atoms with E-state index in [1.807, 2.05) is 36.4 Å². The molecule has 0 radical (unpaired) electrons. The number of nitrogens with zero attached hydrogens (tertiary/aromatic N) is 3. The molecule has 0 N–H and O–H groups in total. The summed E-state index contributed by atoms with van der Waals surface area (Å²) in [5.41, 5.74) is 4.48. The highest BCUT2D eigenvalue weighted by Gasteiger charge is 2.17. The molecule has 0 fully saturated rings. The Labute approximate surface area is 165 Å². The lowest BCUT2D eigenvalue weighted by atomic mass is 10.2. The monoisotopic (exact) mass is 393 g/mol. The Morgan fingerprint density at radius 3 is 2.54 bits per heavy atom. The fraction of sp³-hybridized carbons (Fsp3) is 0.238. The average Bonchev–Trinajstić information content (AvgIpc) is 2.94. The molecule has 0 amide bonds. The standard InChI is InChI=1S/C21H23N3O3Si/c1-23-21(25)24(20(22-23)26-2)18-11-6-7-12-19(18)27-17-10-8-9-16(15-17)13-14-28(3,4)5/h6-12,15H,1-5H3. The first-order valence-corrected chi connectivity index (χ1v) is 12.4. The number of aryl methyl sites for hydroxylation is 1. The van der Waals surface area contributed by atoms with Gasteiger partial charge in [-0.05, 0) is 30.3 Å². The van der Waals surface area contributed by atoms with Crippen LogP contribution >= 0.6 is 0 Å². The molecule has 3 aromatic rings. The third-order valence-electron chi connectivity index (χ3n) is 3.83. The van der Waals surface area contributed by atoms with Crippen molar-refractivity contribution in [1.82, 2.24) is 14.3 Å². The molecule has 0 aliphatic rings. The van der Waals surface area contributed by atoms with Gasteiger partial charge in [0.1, 0.15) is 13.8 Å². The topological polar surface area (TPSA) is 58.3 Å². The van der Waals surface area contributed by atoms with Crippen molar-refractivity contribution in [1.29, 1.82) is 0 Å². The van der Waals surface area contributed by atoms with Crippen molar-refractivity contribution in [2.45, 2.75) is 19.6 Å². The maximum atomic E-state index is 12.5. The summed E-state index contributed by atoms with van der Waals surface area (Å²) in [7, 11) is 1.59. The highest BCUT2D eigenvalue weighted by atomic mass is 28.3. The zero-order valence-electron chi connectivity index (χ0n) is 16.7. The Morgan fingerprint density at radius 1 is 1.07 bits per heavy atom. The van der Waals surface area contributed by atoms with Crippen molar-refractivity contribution in [3.05, 3.63) is 64.6 Å². The van der Waals surface area contributed by atoms with Gasteiger partial charge in [-0.2, -0.15) is 0 Å². The molecule has 0 atom stereocenters. The summed E-state index contributed by atoms with van der Waals surface area (Å²) >= 11 is 0. The third kappa shape index (κ3) is 4.35. The van der Waals surface area contributed by atoms with Crippen molar-refractivity contribution < 1.29 is 9.47 Å². The summed E-state index contributed by atoms with van der Waals surface area (Å²) in [6.07, 6.45) is 0. The minimum atomic E-state index is -1.46. The van der Waals surface area contributed by atoms with Gasteiger partial charge in [-0.1, -0.05) is 43.8 Å². The zero-order valence-corrected chi connectivity index (χ0v) is 17.7. The van der Waals surface area contributed by atoms with E-state index >= 15 is 0 Å². The van der Waals surface area contributed by atoms with Gasteiger partial charge in [0, 0.05) is 12.6 Å². The minimum Gasteiger partial charge on any atom is -0.467 e. The average molecular weight is 394 g/mol. The van der Waals surface area contributed by atoms with E-state index in [1.54, 1.807) is 19.2 Å². The predicted molar refractivity (Wildman–Crippen MR) is 112 cm³/mol. The van der Waals surface area contributed by atoms with Crippen molar-refractivity contribution in [2.75, 3.05) is 7.11 Å². The highest BCUT2D eigenvalue weighted by Crippen LogP contribution is 2.29. The molecule has 0 saturated heterocycles. The van der Waals surface area contributed by atoms with E-state index < -0.39 is 8.07 Å². The zero-order chi connectivity index (χ0) is 20.3. The first kappa shape index (κ1) is 19.5. The fourth-order valence-corrected chi connectivity index (χ4v) is 3.05. The summed E-state index contributed by atoms with van der Waals surface area (Å²) in [5, 5.41) is 4.09. The molecule has 144 valence electrons. The lowest BCUT2D eigenvalue weighted by Crippen LogP contribution is -2.22. The molecular formula is C21H23N3O3Si. The van der Waals surface area contributed by atoms with E-state index in [0.29, 0.717) is 17.2 Å². The second-order valence-corrected chi connectivity index (χ2v) is 12.1. The number of benzene rings is 2. The van der Waals surface area contributed by atoms with E-state index in [-0.39, 0.29) is 11.7 Å². The molecule has 0 bridgehead atoms. The van der Waals surface area contributed by atoms with Crippen LogP contribution in [-0.4, -0.2) is 29.5 Å². The summed E-state index contributed by atoms with van der Waals surface area (Å²) in [6.45, 7) is 6.61. The van der Waals surface area contributed by atoms with E-state index in [9.17, 15) is 4.79 Å². The normalized spacial score (nSPS) is 10.9. The number of aromatic nitrogens is 3. The minimum absolute atomic E-state index is 0.193. The largest absolute Gasteiger partial charge is 0.467 e. The number of rotatable bonds is 4. The van der Waals surface area contributed by atoms with Crippen LogP contribution < -0.4 is 15.2 Å². The van der Waals surface area contributed by atoms with Crippen LogP contribution in [0.1, 0.15) is 5.56 Å². The molecular weight excluding hydrogens is 370 g/mol. The molecule has 0 unspecified atom stereocenters. The van der Waals surface area contributed by atoms with Crippen molar-refractivity contribution in [2.24, 2.45) is 7.05 Å². The second-order valence-electron chi connectivity index (χ2n) is 7.33. The van der Waals surface area contributed by atoms with Crippen LogP contribution in [0, 0.1) is 11.5 Å². The summed E-state index contributed by atoms with van der Waals surface area (Å²) < 4.78 is 13.9. The number of para-hydroxylation sites is 2. The maximum Gasteiger partial charge on any atom is 0.353 e. The van der Waals surface area contributed by atoms with Gasteiger partial charge in [0.25, 0.3) is 0 Å². The first-order chi connectivity index (χ1) is 13.3. The molecule has 6 nitrogen and oxygen atoms in total. The first-order valence-electron chi connectivity index (χ1n) is 8.89. The van der Waals surface area contributed by atoms with Crippen LogP contribution in [0.5, 0.6) is 17.5 Å². The van der Waals surface area contributed by atoms with E-state index in [0.717, 1.165) is 5.56 Å². The molecule has 0 saturated carbocycles. The summed E-state index contributed by atoms with van der Waals surface area (Å²) in [5.74, 6) is 4.39. The van der Waals surface area contributed by atoms with Crippen LogP contribution in [0.4, 0.5) is 0 Å². The van der Waals surface area contributed by atoms with Crippen molar-refractivity contribution in [3.8, 4) is 34.7 Å². The molecule has 1 aromatic heterocycles. The lowest BCUT2D eigenvalue weighted by Gasteiger charge is -2.12. The van der Waals surface area contributed by atoms with Gasteiger partial charge < -0.3 is 9.47 Å². The highest BCUT2D eigenvalue weighted by molar-refractivity contribution is 6.83. The van der Waals surface area contributed by atoms with Gasteiger partial charge >= 0.3 is 11.7 Å². The summed E-state index contributed by atoms with van der Waals surface area (Å²) in [6, 6.07) is 15.1. The summed E-state index contributed by atoms with van der Waals surface area (Å²) in [4.78, 5) is 12.5. The number of ether oxygens (including phenoxy) is 2. The Morgan fingerprint density at radius 2 is 1.82 bits per heavy atom. The number of hydrogen-bond donors (Lipinski definition) is 0. The number of methoxy groups -OCH3 is 1.